The molecule has 0 saturated heterocycles. The zero-order chi connectivity index (χ0) is 68.3. The van der Waals surface area contributed by atoms with E-state index >= 15 is 0 Å². The van der Waals surface area contributed by atoms with Crippen LogP contribution in [0, 0.1) is 0 Å². The van der Waals surface area contributed by atoms with Crippen molar-refractivity contribution in [2.75, 3.05) is 47.5 Å². The molecule has 0 aliphatic rings. The number of carbonyl (C=O) groups excluding carboxylic acids is 2. The average molecular weight is 1320 g/mol. The molecule has 2 unspecified atom stereocenters. The second-order valence-corrected chi connectivity index (χ2v) is 26.6. The average Bonchev–Trinajstić information content (AvgIpc) is 1.56. The van der Waals surface area contributed by atoms with Crippen LogP contribution in [0.3, 0.4) is 0 Å². The smallest absolute Gasteiger partial charge is 0.306 e. The summed E-state index contributed by atoms with van der Waals surface area (Å²) in [6.07, 6.45) is 112. The summed E-state index contributed by atoms with van der Waals surface area (Å²) in [6, 6.07) is 0. The first-order chi connectivity index (χ1) is 46.0. The van der Waals surface area contributed by atoms with E-state index in [1.165, 1.54) is 96.3 Å². The molecule has 0 aliphatic carbocycles. The van der Waals surface area contributed by atoms with Crippen molar-refractivity contribution in [3.05, 3.63) is 194 Å². The van der Waals surface area contributed by atoms with Crippen molar-refractivity contribution in [2.24, 2.45) is 0 Å². The lowest BCUT2D eigenvalue weighted by molar-refractivity contribution is -0.870. The largest absolute Gasteiger partial charge is 0.756 e. The van der Waals surface area contributed by atoms with E-state index in [1.807, 2.05) is 21.1 Å². The van der Waals surface area contributed by atoms with Crippen molar-refractivity contribution in [3.63, 3.8) is 0 Å². The molecule has 0 fully saturated rings. The summed E-state index contributed by atoms with van der Waals surface area (Å²) in [6.45, 7) is 3.95. The van der Waals surface area contributed by atoms with Crippen LogP contribution >= 0.6 is 7.82 Å². The number of allylic oxidation sites excluding steroid dienone is 32. The number of unbranched alkanes of at least 4 members (excludes halogenated alkanes) is 20. The second kappa shape index (κ2) is 72.1. The van der Waals surface area contributed by atoms with E-state index < -0.39 is 32.5 Å². The summed E-state index contributed by atoms with van der Waals surface area (Å²) >= 11 is 0. The highest BCUT2D eigenvalue weighted by Crippen LogP contribution is 2.38. The molecule has 0 spiro atoms. The Morgan fingerprint density at radius 1 is 0.330 bits per heavy atom. The van der Waals surface area contributed by atoms with E-state index in [0.717, 1.165) is 135 Å². The molecule has 0 aliphatic heterocycles. The number of esters is 2. The standard InChI is InChI=1S/C84H136NO8P/c1-6-8-10-12-14-16-18-20-22-24-26-28-30-32-34-36-38-40-41-42-43-45-46-48-50-52-54-56-58-60-62-64-66-68-70-72-74-76-83(86)90-80-82(81-92-94(88,89)91-79-78-85(3,4)5)93-84(87)77-75-73-71-69-67-65-63-61-59-57-55-53-51-49-47-44-39-37-35-33-31-29-27-25-23-21-19-17-15-13-11-9-7-2/h8-11,14-17,20-23,26-29,32-35,38-40,44,49,51,55,57,61,63,67,69,82H,6-7,12-13,18-19,24-25,30-31,36-37,41-43,45-48,50,52-54,56,58-60,62,64-66,68,70-81H2,1-5H3/b10-8-,11-9-,16-14-,17-15-,22-20-,23-21-,28-26-,29-27-,34-32-,35-33-,40-38-,44-39-,51-49-,57-55-,63-61-,69-67-. The third-order valence-electron chi connectivity index (χ3n) is 15.1. The fourth-order valence-electron chi connectivity index (χ4n) is 9.51. The summed E-state index contributed by atoms with van der Waals surface area (Å²) in [4.78, 5) is 38.1. The molecule has 0 saturated carbocycles. The number of rotatable bonds is 66. The van der Waals surface area contributed by atoms with Gasteiger partial charge in [0.25, 0.3) is 7.82 Å². The normalized spacial score (nSPS) is 14.2. The van der Waals surface area contributed by atoms with Gasteiger partial charge in [0.15, 0.2) is 6.10 Å². The maximum atomic E-state index is 12.9. The summed E-state index contributed by atoms with van der Waals surface area (Å²) in [7, 11) is 1.12. The van der Waals surface area contributed by atoms with Crippen LogP contribution in [0.15, 0.2) is 194 Å². The summed E-state index contributed by atoms with van der Waals surface area (Å²) in [5, 5.41) is 0. The first kappa shape index (κ1) is 88.8. The number of hydrogen-bond donors (Lipinski definition) is 0. The molecule has 0 aromatic rings. The summed E-state index contributed by atoms with van der Waals surface area (Å²) in [5.41, 5.74) is 0. The lowest BCUT2D eigenvalue weighted by Crippen LogP contribution is -2.37. The fourth-order valence-corrected chi connectivity index (χ4v) is 10.2. The quantitative estimate of drug-likeness (QED) is 0.0195. The van der Waals surface area contributed by atoms with Crippen molar-refractivity contribution in [2.45, 2.75) is 277 Å². The minimum absolute atomic E-state index is 0.0487. The lowest BCUT2D eigenvalue weighted by atomic mass is 10.0. The SMILES string of the molecule is CC/C=C\C/C=C\C/C=C\C/C=C\C/C=C\C/C=C\C/C=C\C/C=C\C/C=C\C/C=C\CCCCC(=O)OC(COC(=O)CCCCCCCCCCCCCCCCCCCC/C=C\C/C=C\C/C=C\C/C=C\C/C=C\C/C=C\CC)COP(=O)([O-])OCC[N+](C)(C)C. The third kappa shape index (κ3) is 75.9. The monoisotopic (exact) mass is 1320 g/mol. The van der Waals surface area contributed by atoms with Crippen LogP contribution in [0.1, 0.15) is 271 Å². The molecule has 0 rings (SSSR count). The molecular weight excluding hydrogens is 1180 g/mol. The van der Waals surface area contributed by atoms with Gasteiger partial charge in [0, 0.05) is 12.8 Å². The minimum Gasteiger partial charge on any atom is -0.756 e. The lowest BCUT2D eigenvalue weighted by Gasteiger charge is -2.28. The van der Waals surface area contributed by atoms with Crippen molar-refractivity contribution in [3.8, 4) is 0 Å². The van der Waals surface area contributed by atoms with Crippen LogP contribution in [0.4, 0.5) is 0 Å². The van der Waals surface area contributed by atoms with Gasteiger partial charge < -0.3 is 27.9 Å². The maximum absolute atomic E-state index is 12.9. The highest BCUT2D eigenvalue weighted by Gasteiger charge is 2.22. The number of likely N-dealkylation sites (N-methyl/N-ethyl adjacent to an activating group) is 1. The van der Waals surface area contributed by atoms with Crippen LogP contribution < -0.4 is 4.89 Å². The fraction of sp³-hybridized carbons (Fsp3) is 0.595. The number of phosphoric ester groups is 1. The molecule has 0 aromatic heterocycles. The van der Waals surface area contributed by atoms with Crippen molar-refractivity contribution >= 4 is 19.8 Å². The predicted molar refractivity (Wildman–Crippen MR) is 406 cm³/mol. The molecule has 9 nitrogen and oxygen atoms in total. The van der Waals surface area contributed by atoms with Gasteiger partial charge in [0.1, 0.15) is 19.8 Å². The highest BCUT2D eigenvalue weighted by molar-refractivity contribution is 7.45. The van der Waals surface area contributed by atoms with Crippen LogP contribution in [0.5, 0.6) is 0 Å². The number of nitrogens with zero attached hydrogens (tertiary/aromatic N) is 1. The molecule has 0 radical (unpaired) electrons. The molecule has 0 bridgehead atoms. The Bertz CT molecular complexity index is 2290. The van der Waals surface area contributed by atoms with Crippen molar-refractivity contribution in [1.29, 1.82) is 0 Å². The van der Waals surface area contributed by atoms with Gasteiger partial charge in [0.05, 0.1) is 27.7 Å². The summed E-state index contributed by atoms with van der Waals surface area (Å²) < 4.78 is 34.3. The van der Waals surface area contributed by atoms with E-state index in [9.17, 15) is 19.0 Å². The molecule has 0 heterocycles. The third-order valence-corrected chi connectivity index (χ3v) is 16.1. The van der Waals surface area contributed by atoms with Gasteiger partial charge in [-0.2, -0.15) is 0 Å². The van der Waals surface area contributed by atoms with E-state index in [1.54, 1.807) is 0 Å². The Hall–Kier alpha value is -5.15. The molecule has 0 aromatic carbocycles. The molecule has 0 amide bonds. The first-order valence-corrected chi connectivity index (χ1v) is 38.6. The molecule has 10 heteroatoms. The van der Waals surface area contributed by atoms with Gasteiger partial charge in [-0.15, -0.1) is 0 Å². The highest BCUT2D eigenvalue weighted by atomic mass is 31.2. The molecule has 530 valence electrons. The number of phosphoric acid groups is 1. The zero-order valence-corrected chi connectivity index (χ0v) is 61.2. The minimum atomic E-state index is -4.67. The Balaban J connectivity index is 4.13. The molecule has 2 atom stereocenters. The maximum Gasteiger partial charge on any atom is 0.306 e. The topological polar surface area (TPSA) is 111 Å². The van der Waals surface area contributed by atoms with E-state index in [-0.39, 0.29) is 26.1 Å². The van der Waals surface area contributed by atoms with Gasteiger partial charge in [-0.3, -0.25) is 14.2 Å². The van der Waals surface area contributed by atoms with Crippen molar-refractivity contribution in [1.82, 2.24) is 0 Å². The number of ether oxygens (including phenoxy) is 2. The van der Waals surface area contributed by atoms with Crippen LogP contribution in [-0.2, 0) is 32.7 Å². The van der Waals surface area contributed by atoms with Gasteiger partial charge in [-0.1, -0.05) is 311 Å². The Morgan fingerprint density at radius 3 is 0.872 bits per heavy atom. The van der Waals surface area contributed by atoms with Crippen LogP contribution in [-0.4, -0.2) is 70.0 Å². The predicted octanol–water partition coefficient (Wildman–Crippen LogP) is 24.2. The number of quaternary nitrogens is 1. The Labute approximate surface area is 577 Å². The van der Waals surface area contributed by atoms with Crippen LogP contribution in [0.2, 0.25) is 0 Å². The van der Waals surface area contributed by atoms with Crippen LogP contribution in [0.25, 0.3) is 0 Å². The molecule has 94 heavy (non-hydrogen) atoms. The van der Waals surface area contributed by atoms with E-state index in [2.05, 4.69) is 208 Å². The second-order valence-electron chi connectivity index (χ2n) is 25.2. The Morgan fingerprint density at radius 2 is 0.574 bits per heavy atom. The Kier molecular flexibility index (Phi) is 68.2. The number of hydrogen-bond acceptors (Lipinski definition) is 8. The van der Waals surface area contributed by atoms with E-state index in [0.29, 0.717) is 23.9 Å². The van der Waals surface area contributed by atoms with E-state index in [4.69, 9.17) is 18.5 Å². The summed E-state index contributed by atoms with van der Waals surface area (Å²) in [5.74, 6) is -0.892. The van der Waals surface area contributed by atoms with Gasteiger partial charge in [-0.25, -0.2) is 0 Å². The van der Waals surface area contributed by atoms with Crippen molar-refractivity contribution < 1.29 is 42.1 Å². The molecule has 0 N–H and O–H groups in total. The molecular formula is C84H136NO8P. The first-order valence-electron chi connectivity index (χ1n) is 37.1. The zero-order valence-electron chi connectivity index (χ0n) is 60.3. The van der Waals surface area contributed by atoms with Gasteiger partial charge >= 0.3 is 11.9 Å². The number of carbonyl (C=O) groups is 2. The van der Waals surface area contributed by atoms with Gasteiger partial charge in [0.2, 0.25) is 0 Å². The van der Waals surface area contributed by atoms with Gasteiger partial charge in [-0.05, 0) is 141 Å².